The summed E-state index contributed by atoms with van der Waals surface area (Å²) >= 11 is 0. The summed E-state index contributed by atoms with van der Waals surface area (Å²) < 4.78 is 10.4. The van der Waals surface area contributed by atoms with Crippen LogP contribution in [0, 0.1) is 0 Å². The predicted molar refractivity (Wildman–Crippen MR) is 64.5 cm³/mol. The van der Waals surface area contributed by atoms with E-state index in [0.29, 0.717) is 11.3 Å². The van der Waals surface area contributed by atoms with Crippen molar-refractivity contribution in [3.63, 3.8) is 0 Å². The zero-order valence-electron chi connectivity index (χ0n) is 9.67. The molecule has 0 aromatic heterocycles. The molecule has 1 aliphatic heterocycles. The lowest BCUT2D eigenvalue weighted by Crippen LogP contribution is -2.35. The van der Waals surface area contributed by atoms with Crippen LogP contribution in [0.15, 0.2) is 36.4 Å². The van der Waals surface area contributed by atoms with Crippen molar-refractivity contribution in [2.45, 2.75) is 13.2 Å². The highest BCUT2D eigenvalue weighted by atomic mass is 16.7. The average Bonchev–Trinajstić information content (AvgIpc) is 2.37. The Labute approximate surface area is 103 Å². The first-order valence-electron chi connectivity index (χ1n) is 5.56. The van der Waals surface area contributed by atoms with E-state index in [2.05, 4.69) is 0 Å². The molecular weight excluding hydrogens is 232 g/mol. The maximum atomic E-state index is 12.0. The number of ether oxygens (including phenoxy) is 2. The molecule has 1 atom stereocenters. The van der Waals surface area contributed by atoms with Gasteiger partial charge in [0.15, 0.2) is 0 Å². The number of Topliss-reactive ketones (excluding diaryl/α,β-unsaturated/α-hetero) is 1. The van der Waals surface area contributed by atoms with E-state index in [4.69, 9.17) is 9.47 Å². The fraction of sp³-hybridized carbons (Fsp3) is 0.143. The van der Waals surface area contributed by atoms with Crippen LogP contribution in [0.2, 0.25) is 0 Å². The first-order chi connectivity index (χ1) is 8.66. The number of fused-ring (bicyclic) bond motifs is 3. The first-order valence-corrected chi connectivity index (χ1v) is 5.56. The molecule has 0 bridgehead atoms. The Balaban J connectivity index is 2.21. The Morgan fingerprint density at radius 1 is 1.11 bits per heavy atom. The van der Waals surface area contributed by atoms with Gasteiger partial charge in [-0.05, 0) is 16.8 Å². The van der Waals surface area contributed by atoms with Crippen molar-refractivity contribution in [3.8, 4) is 5.75 Å². The lowest BCUT2D eigenvalue weighted by Gasteiger charge is -2.24. The van der Waals surface area contributed by atoms with Crippen LogP contribution in [0.1, 0.15) is 17.3 Å². The van der Waals surface area contributed by atoms with Gasteiger partial charge in [0.05, 0.1) is 0 Å². The second-order valence-corrected chi connectivity index (χ2v) is 4.13. The molecule has 0 saturated carbocycles. The molecule has 0 saturated heterocycles. The number of cyclic esters (lactones) is 1. The molecular formula is C14H10O4. The van der Waals surface area contributed by atoms with Crippen LogP contribution in [0.25, 0.3) is 10.8 Å². The molecule has 90 valence electrons. The van der Waals surface area contributed by atoms with Crippen molar-refractivity contribution >= 4 is 22.5 Å². The minimum atomic E-state index is -1.13. The number of rotatable bonds is 1. The lowest BCUT2D eigenvalue weighted by molar-refractivity contribution is -0.141. The van der Waals surface area contributed by atoms with Gasteiger partial charge in [-0.2, -0.15) is 0 Å². The van der Waals surface area contributed by atoms with E-state index < -0.39 is 12.3 Å². The molecule has 0 aliphatic carbocycles. The summed E-state index contributed by atoms with van der Waals surface area (Å²) in [6.45, 7) is 1.32. The molecule has 2 aromatic rings. The highest BCUT2D eigenvalue weighted by molar-refractivity contribution is 6.08. The molecule has 3 rings (SSSR count). The van der Waals surface area contributed by atoms with Gasteiger partial charge in [-0.1, -0.05) is 30.3 Å². The summed E-state index contributed by atoms with van der Waals surface area (Å²) in [7, 11) is 0. The largest absolute Gasteiger partial charge is 0.447 e. The van der Waals surface area contributed by atoms with Gasteiger partial charge >= 0.3 is 12.3 Å². The normalized spacial score (nSPS) is 17.8. The molecule has 0 amide bonds. The average molecular weight is 242 g/mol. The lowest BCUT2D eigenvalue weighted by atomic mass is 10.0. The van der Waals surface area contributed by atoms with Gasteiger partial charge in [-0.25, -0.2) is 4.79 Å². The number of benzene rings is 2. The minimum Gasteiger partial charge on any atom is -0.447 e. The molecule has 0 spiro atoms. The van der Waals surface area contributed by atoms with Gasteiger partial charge in [0.25, 0.3) is 0 Å². The summed E-state index contributed by atoms with van der Waals surface area (Å²) in [5, 5.41) is 1.69. The second kappa shape index (κ2) is 3.84. The third-order valence-electron chi connectivity index (χ3n) is 2.87. The molecule has 4 heteroatoms. The van der Waals surface area contributed by atoms with Crippen LogP contribution in [-0.4, -0.2) is 18.0 Å². The summed E-state index contributed by atoms with van der Waals surface area (Å²) in [5.41, 5.74) is 0.380. The maximum Gasteiger partial charge on any atom is 0.346 e. The third-order valence-corrected chi connectivity index (χ3v) is 2.87. The van der Waals surface area contributed by atoms with E-state index in [1.165, 1.54) is 6.92 Å². The number of carbonyl (C=O) groups excluding carboxylic acids is 2. The van der Waals surface area contributed by atoms with Crippen LogP contribution >= 0.6 is 0 Å². The molecule has 1 aliphatic rings. The number of hydrogen-bond donors (Lipinski definition) is 0. The summed E-state index contributed by atoms with van der Waals surface area (Å²) in [6.07, 6.45) is -1.13. The van der Waals surface area contributed by atoms with Crippen molar-refractivity contribution in [1.82, 2.24) is 0 Å². The van der Waals surface area contributed by atoms with Crippen LogP contribution in [0.5, 0.6) is 5.75 Å². The Morgan fingerprint density at radius 3 is 2.67 bits per heavy atom. The van der Waals surface area contributed by atoms with Crippen LogP contribution in [0.3, 0.4) is 0 Å². The summed E-state index contributed by atoms with van der Waals surface area (Å²) in [4.78, 5) is 23.2. The van der Waals surface area contributed by atoms with E-state index in [1.807, 2.05) is 30.3 Å². The third kappa shape index (κ3) is 1.54. The predicted octanol–water partition coefficient (Wildman–Crippen LogP) is 2.30. The van der Waals surface area contributed by atoms with Gasteiger partial charge in [0, 0.05) is 6.92 Å². The fourth-order valence-corrected chi connectivity index (χ4v) is 2.02. The van der Waals surface area contributed by atoms with Gasteiger partial charge in [-0.15, -0.1) is 0 Å². The molecule has 0 N–H and O–H groups in total. The molecule has 1 heterocycles. The highest BCUT2D eigenvalue weighted by Crippen LogP contribution is 2.32. The molecule has 2 aromatic carbocycles. The fourth-order valence-electron chi connectivity index (χ4n) is 2.02. The van der Waals surface area contributed by atoms with Gasteiger partial charge < -0.3 is 9.47 Å². The Bertz CT molecular complexity index is 660. The smallest absolute Gasteiger partial charge is 0.346 e. The van der Waals surface area contributed by atoms with E-state index in [1.54, 1.807) is 6.07 Å². The summed E-state index contributed by atoms with van der Waals surface area (Å²) in [6, 6.07) is 11.0. The zero-order chi connectivity index (χ0) is 12.7. The Hall–Kier alpha value is -2.36. The first kappa shape index (κ1) is 10.8. The quantitative estimate of drug-likeness (QED) is 0.720. The SMILES string of the molecule is CC(=O)C1OC(=O)c2c(ccc3ccccc23)O1. The van der Waals surface area contributed by atoms with E-state index in [9.17, 15) is 9.59 Å². The molecule has 4 nitrogen and oxygen atoms in total. The van der Waals surface area contributed by atoms with Crippen molar-refractivity contribution in [3.05, 3.63) is 42.0 Å². The summed E-state index contributed by atoms with van der Waals surface area (Å²) in [5.74, 6) is -0.458. The van der Waals surface area contributed by atoms with Crippen molar-refractivity contribution in [2.75, 3.05) is 0 Å². The maximum absolute atomic E-state index is 12.0. The molecule has 18 heavy (non-hydrogen) atoms. The van der Waals surface area contributed by atoms with Gasteiger partial charge in [0.2, 0.25) is 5.78 Å². The van der Waals surface area contributed by atoms with Crippen molar-refractivity contribution < 1.29 is 19.1 Å². The van der Waals surface area contributed by atoms with Crippen LogP contribution < -0.4 is 4.74 Å². The zero-order valence-corrected chi connectivity index (χ0v) is 9.67. The van der Waals surface area contributed by atoms with Crippen molar-refractivity contribution in [1.29, 1.82) is 0 Å². The van der Waals surface area contributed by atoms with Crippen LogP contribution in [-0.2, 0) is 9.53 Å². The van der Waals surface area contributed by atoms with Gasteiger partial charge in [0.1, 0.15) is 11.3 Å². The molecule has 0 radical (unpaired) electrons. The minimum absolute atomic E-state index is 0.331. The van der Waals surface area contributed by atoms with Crippen LogP contribution in [0.4, 0.5) is 0 Å². The highest BCUT2D eigenvalue weighted by Gasteiger charge is 2.31. The molecule has 1 unspecified atom stereocenters. The topological polar surface area (TPSA) is 52.6 Å². The van der Waals surface area contributed by atoms with E-state index in [-0.39, 0.29) is 5.78 Å². The second-order valence-electron chi connectivity index (χ2n) is 4.13. The Kier molecular flexibility index (Phi) is 2.30. The number of hydrogen-bond acceptors (Lipinski definition) is 4. The van der Waals surface area contributed by atoms with Crippen molar-refractivity contribution in [2.24, 2.45) is 0 Å². The standard InChI is InChI=1S/C14H10O4/c1-8(15)14-17-11-7-6-9-4-2-3-5-10(9)12(11)13(16)18-14/h2-7,14H,1H3. The monoisotopic (exact) mass is 242 g/mol. The Morgan fingerprint density at radius 2 is 1.89 bits per heavy atom. The van der Waals surface area contributed by atoms with Gasteiger partial charge in [-0.3, -0.25) is 4.79 Å². The number of ketones is 1. The van der Waals surface area contributed by atoms with E-state index in [0.717, 1.165) is 10.8 Å². The number of carbonyl (C=O) groups is 2. The van der Waals surface area contributed by atoms with E-state index >= 15 is 0 Å². The number of esters is 1. The molecule has 0 fully saturated rings.